The minimum atomic E-state index is -0.910. The quantitative estimate of drug-likeness (QED) is 0.718. The van der Waals surface area contributed by atoms with Crippen molar-refractivity contribution in [2.24, 2.45) is 5.92 Å². The van der Waals surface area contributed by atoms with E-state index in [1.54, 1.807) is 18.2 Å². The maximum Gasteiger partial charge on any atom is 0.407 e. The number of rotatable bonds is 4. The first-order valence-electron chi connectivity index (χ1n) is 6.71. The number of anilines is 1. The number of likely N-dealkylation sites (tertiary alicyclic amines) is 1. The highest BCUT2D eigenvalue weighted by atomic mass is 16.5. The SMILES string of the molecule is COc1cc(C(=O)NCC2CCN(C(=O)O)C2)ccc1N. The highest BCUT2D eigenvalue weighted by molar-refractivity contribution is 5.95. The average Bonchev–Trinajstić information content (AvgIpc) is 2.94. The van der Waals surface area contributed by atoms with Crippen molar-refractivity contribution in [3.05, 3.63) is 23.8 Å². The summed E-state index contributed by atoms with van der Waals surface area (Å²) < 4.78 is 5.08. The number of amides is 2. The molecule has 1 fully saturated rings. The van der Waals surface area contributed by atoms with E-state index in [-0.39, 0.29) is 11.8 Å². The monoisotopic (exact) mass is 293 g/mol. The van der Waals surface area contributed by atoms with Gasteiger partial charge in [0, 0.05) is 25.2 Å². The summed E-state index contributed by atoms with van der Waals surface area (Å²) in [5, 5.41) is 11.7. The number of hydrogen-bond acceptors (Lipinski definition) is 4. The van der Waals surface area contributed by atoms with E-state index < -0.39 is 6.09 Å². The molecular weight excluding hydrogens is 274 g/mol. The summed E-state index contributed by atoms with van der Waals surface area (Å²) in [6.07, 6.45) is -0.149. The zero-order chi connectivity index (χ0) is 15.4. The number of carbonyl (C=O) groups is 2. The topological polar surface area (TPSA) is 105 Å². The Morgan fingerprint density at radius 1 is 1.52 bits per heavy atom. The number of nitrogen functional groups attached to an aromatic ring is 1. The van der Waals surface area contributed by atoms with Gasteiger partial charge < -0.3 is 25.8 Å². The Kier molecular flexibility index (Phi) is 4.52. The van der Waals surface area contributed by atoms with Crippen LogP contribution in [0.1, 0.15) is 16.8 Å². The molecule has 1 aliphatic rings. The smallest absolute Gasteiger partial charge is 0.407 e. The molecule has 1 unspecified atom stereocenters. The average molecular weight is 293 g/mol. The summed E-state index contributed by atoms with van der Waals surface area (Å²) in [7, 11) is 1.49. The Bertz CT molecular complexity index is 547. The third-order valence-electron chi connectivity index (χ3n) is 3.60. The third kappa shape index (κ3) is 3.56. The van der Waals surface area contributed by atoms with Gasteiger partial charge in [-0.3, -0.25) is 4.79 Å². The third-order valence-corrected chi connectivity index (χ3v) is 3.60. The summed E-state index contributed by atoms with van der Waals surface area (Å²) in [5.41, 5.74) is 6.64. The Morgan fingerprint density at radius 2 is 2.29 bits per heavy atom. The molecule has 114 valence electrons. The van der Waals surface area contributed by atoms with Crippen LogP contribution in [0.15, 0.2) is 18.2 Å². The van der Waals surface area contributed by atoms with Crippen molar-refractivity contribution >= 4 is 17.7 Å². The highest BCUT2D eigenvalue weighted by Gasteiger charge is 2.26. The van der Waals surface area contributed by atoms with Crippen LogP contribution in [0.3, 0.4) is 0 Å². The number of hydrogen-bond donors (Lipinski definition) is 3. The van der Waals surface area contributed by atoms with E-state index in [4.69, 9.17) is 15.6 Å². The fourth-order valence-electron chi connectivity index (χ4n) is 2.36. The molecule has 0 saturated carbocycles. The maximum absolute atomic E-state index is 12.1. The molecule has 1 aromatic rings. The second kappa shape index (κ2) is 6.34. The molecule has 7 nitrogen and oxygen atoms in total. The van der Waals surface area contributed by atoms with Gasteiger partial charge in [0.2, 0.25) is 0 Å². The number of carbonyl (C=O) groups excluding carboxylic acids is 1. The van der Waals surface area contributed by atoms with Crippen molar-refractivity contribution in [3.8, 4) is 5.75 Å². The molecule has 2 rings (SSSR count). The molecule has 0 aliphatic carbocycles. The molecule has 0 radical (unpaired) electrons. The van der Waals surface area contributed by atoms with E-state index in [0.717, 1.165) is 6.42 Å². The van der Waals surface area contributed by atoms with Crippen molar-refractivity contribution in [1.29, 1.82) is 0 Å². The van der Waals surface area contributed by atoms with Gasteiger partial charge in [0.25, 0.3) is 5.91 Å². The van der Waals surface area contributed by atoms with Crippen LogP contribution in [0.25, 0.3) is 0 Å². The minimum absolute atomic E-state index is 0.153. The lowest BCUT2D eigenvalue weighted by atomic mass is 10.1. The number of nitrogens with two attached hydrogens (primary N) is 1. The minimum Gasteiger partial charge on any atom is -0.495 e. The van der Waals surface area contributed by atoms with Gasteiger partial charge in [-0.15, -0.1) is 0 Å². The second-order valence-corrected chi connectivity index (χ2v) is 5.05. The van der Waals surface area contributed by atoms with Gasteiger partial charge >= 0.3 is 6.09 Å². The maximum atomic E-state index is 12.1. The number of methoxy groups -OCH3 is 1. The highest BCUT2D eigenvalue weighted by Crippen LogP contribution is 2.22. The van der Waals surface area contributed by atoms with Crippen LogP contribution in [0.5, 0.6) is 5.75 Å². The van der Waals surface area contributed by atoms with Gasteiger partial charge in [-0.2, -0.15) is 0 Å². The Hall–Kier alpha value is -2.44. The number of carboxylic acid groups (broad SMARTS) is 1. The first kappa shape index (κ1) is 15.0. The first-order valence-corrected chi connectivity index (χ1v) is 6.71. The molecule has 1 aliphatic heterocycles. The Labute approximate surface area is 122 Å². The summed E-state index contributed by atoms with van der Waals surface area (Å²) in [6.45, 7) is 1.43. The van der Waals surface area contributed by atoms with Crippen LogP contribution in [-0.2, 0) is 0 Å². The first-order chi connectivity index (χ1) is 10.0. The van der Waals surface area contributed by atoms with Crippen LogP contribution >= 0.6 is 0 Å². The van der Waals surface area contributed by atoms with E-state index in [2.05, 4.69) is 5.32 Å². The molecule has 1 saturated heterocycles. The predicted molar refractivity (Wildman–Crippen MR) is 77.4 cm³/mol. The lowest BCUT2D eigenvalue weighted by molar-refractivity contribution is 0.0947. The molecule has 0 aromatic heterocycles. The van der Waals surface area contributed by atoms with Crippen molar-refractivity contribution in [3.63, 3.8) is 0 Å². The van der Waals surface area contributed by atoms with Gasteiger partial charge in [0.15, 0.2) is 0 Å². The van der Waals surface area contributed by atoms with Crippen LogP contribution < -0.4 is 15.8 Å². The molecule has 1 heterocycles. The molecule has 1 aromatic carbocycles. The zero-order valence-corrected chi connectivity index (χ0v) is 11.8. The molecule has 1 atom stereocenters. The number of benzene rings is 1. The fourth-order valence-corrected chi connectivity index (χ4v) is 2.36. The van der Waals surface area contributed by atoms with E-state index in [1.807, 2.05) is 0 Å². The normalized spacial score (nSPS) is 17.6. The Morgan fingerprint density at radius 3 is 2.90 bits per heavy atom. The van der Waals surface area contributed by atoms with E-state index in [0.29, 0.717) is 36.6 Å². The summed E-state index contributed by atoms with van der Waals surface area (Å²) in [6, 6.07) is 4.84. The fraction of sp³-hybridized carbons (Fsp3) is 0.429. The van der Waals surface area contributed by atoms with Crippen molar-refractivity contribution < 1.29 is 19.4 Å². The van der Waals surface area contributed by atoms with Gasteiger partial charge in [0.1, 0.15) is 5.75 Å². The molecule has 2 amide bonds. The molecule has 21 heavy (non-hydrogen) atoms. The van der Waals surface area contributed by atoms with Crippen LogP contribution in [0, 0.1) is 5.92 Å². The van der Waals surface area contributed by atoms with Gasteiger partial charge in [-0.1, -0.05) is 0 Å². The lowest BCUT2D eigenvalue weighted by Gasteiger charge is -2.13. The standard InChI is InChI=1S/C14H19N3O4/c1-21-12-6-10(2-3-11(12)15)13(18)16-7-9-4-5-17(8-9)14(19)20/h2-3,6,9H,4-5,7-8,15H2,1H3,(H,16,18)(H,19,20). The van der Waals surface area contributed by atoms with E-state index >= 15 is 0 Å². The molecule has 7 heteroatoms. The van der Waals surface area contributed by atoms with Gasteiger partial charge in [-0.05, 0) is 30.5 Å². The zero-order valence-electron chi connectivity index (χ0n) is 11.8. The Balaban J connectivity index is 1.89. The van der Waals surface area contributed by atoms with Gasteiger partial charge in [0.05, 0.1) is 12.8 Å². The van der Waals surface area contributed by atoms with Crippen molar-refractivity contribution in [1.82, 2.24) is 10.2 Å². The second-order valence-electron chi connectivity index (χ2n) is 5.05. The molecule has 4 N–H and O–H groups in total. The summed E-state index contributed by atoms with van der Waals surface area (Å²) >= 11 is 0. The number of nitrogens with one attached hydrogen (secondary N) is 1. The number of ether oxygens (including phenoxy) is 1. The molecule has 0 bridgehead atoms. The van der Waals surface area contributed by atoms with Crippen LogP contribution in [0.4, 0.5) is 10.5 Å². The molecular formula is C14H19N3O4. The summed E-state index contributed by atoms with van der Waals surface area (Å²) in [5.74, 6) is 0.392. The van der Waals surface area contributed by atoms with Crippen molar-refractivity contribution in [2.75, 3.05) is 32.5 Å². The van der Waals surface area contributed by atoms with E-state index in [1.165, 1.54) is 12.0 Å². The van der Waals surface area contributed by atoms with E-state index in [9.17, 15) is 9.59 Å². The van der Waals surface area contributed by atoms with Crippen LogP contribution in [-0.4, -0.2) is 48.8 Å². The largest absolute Gasteiger partial charge is 0.495 e. The molecule has 0 spiro atoms. The van der Waals surface area contributed by atoms with Crippen molar-refractivity contribution in [2.45, 2.75) is 6.42 Å². The lowest BCUT2D eigenvalue weighted by Crippen LogP contribution is -2.32. The van der Waals surface area contributed by atoms with Crippen LogP contribution in [0.2, 0.25) is 0 Å². The predicted octanol–water partition coefficient (Wildman–Crippen LogP) is 1.01. The summed E-state index contributed by atoms with van der Waals surface area (Å²) in [4.78, 5) is 24.2. The van der Waals surface area contributed by atoms with Gasteiger partial charge in [-0.25, -0.2) is 4.79 Å². The number of nitrogens with zero attached hydrogens (tertiary/aromatic N) is 1.